The van der Waals surface area contributed by atoms with E-state index < -0.39 is 0 Å². The molecule has 1 heterocycles. The van der Waals surface area contributed by atoms with Gasteiger partial charge in [0.1, 0.15) is 0 Å². The molecule has 1 aromatic rings. The SMILES string of the molecule is CCN1CCC(N(C)c2c(N)cccc2Cl)CC1. The normalized spacial score (nSPS) is 17.9. The van der Waals surface area contributed by atoms with Crippen LogP contribution in [0.2, 0.25) is 5.02 Å². The molecule has 0 aromatic heterocycles. The summed E-state index contributed by atoms with van der Waals surface area (Å²) in [5.41, 5.74) is 7.79. The summed E-state index contributed by atoms with van der Waals surface area (Å²) in [7, 11) is 2.10. The number of para-hydroxylation sites is 1. The largest absolute Gasteiger partial charge is 0.397 e. The molecule has 0 spiro atoms. The number of hydrogen-bond donors (Lipinski definition) is 1. The minimum absolute atomic E-state index is 0.537. The van der Waals surface area contributed by atoms with Gasteiger partial charge in [-0.15, -0.1) is 0 Å². The number of rotatable bonds is 3. The summed E-state index contributed by atoms with van der Waals surface area (Å²) in [4.78, 5) is 4.74. The summed E-state index contributed by atoms with van der Waals surface area (Å²) in [6.45, 7) is 5.69. The molecule has 0 bridgehead atoms. The van der Waals surface area contributed by atoms with Crippen LogP contribution in [0.15, 0.2) is 18.2 Å². The van der Waals surface area contributed by atoms with Gasteiger partial charge in [0.25, 0.3) is 0 Å². The molecule has 1 aliphatic heterocycles. The van der Waals surface area contributed by atoms with Crippen molar-refractivity contribution < 1.29 is 0 Å². The Balaban J connectivity index is 2.10. The maximum Gasteiger partial charge on any atom is 0.0789 e. The summed E-state index contributed by atoms with van der Waals surface area (Å²) in [6, 6.07) is 6.26. The fraction of sp³-hybridized carbons (Fsp3) is 0.571. The number of likely N-dealkylation sites (tertiary alicyclic amines) is 1. The molecule has 1 fully saturated rings. The van der Waals surface area contributed by atoms with E-state index in [1.807, 2.05) is 18.2 Å². The molecule has 0 atom stereocenters. The molecule has 100 valence electrons. The van der Waals surface area contributed by atoms with Crippen LogP contribution in [0.1, 0.15) is 19.8 Å². The van der Waals surface area contributed by atoms with Gasteiger partial charge >= 0.3 is 0 Å². The predicted molar refractivity (Wildman–Crippen MR) is 79.4 cm³/mol. The quantitative estimate of drug-likeness (QED) is 0.855. The Morgan fingerprint density at radius 2 is 2.06 bits per heavy atom. The highest BCUT2D eigenvalue weighted by atomic mass is 35.5. The van der Waals surface area contributed by atoms with Crippen molar-refractivity contribution in [1.29, 1.82) is 0 Å². The topological polar surface area (TPSA) is 32.5 Å². The first-order valence-electron chi connectivity index (χ1n) is 6.62. The minimum atomic E-state index is 0.537. The number of piperidine rings is 1. The summed E-state index contributed by atoms with van der Waals surface area (Å²) >= 11 is 6.27. The van der Waals surface area contributed by atoms with Crippen LogP contribution in [0.5, 0.6) is 0 Å². The fourth-order valence-electron chi connectivity index (χ4n) is 2.71. The summed E-state index contributed by atoms with van der Waals surface area (Å²) in [5.74, 6) is 0. The van der Waals surface area contributed by atoms with E-state index in [1.54, 1.807) is 0 Å². The first-order valence-corrected chi connectivity index (χ1v) is 7.00. The van der Waals surface area contributed by atoms with Crippen molar-refractivity contribution in [2.24, 2.45) is 0 Å². The van der Waals surface area contributed by atoms with Gasteiger partial charge in [0.15, 0.2) is 0 Å². The van der Waals surface area contributed by atoms with Crippen LogP contribution in [0, 0.1) is 0 Å². The zero-order chi connectivity index (χ0) is 13.1. The van der Waals surface area contributed by atoms with Crippen molar-refractivity contribution >= 4 is 23.0 Å². The van der Waals surface area contributed by atoms with Crippen LogP contribution in [0.3, 0.4) is 0 Å². The van der Waals surface area contributed by atoms with Gasteiger partial charge < -0.3 is 15.5 Å². The first-order chi connectivity index (χ1) is 8.63. The maximum atomic E-state index is 6.27. The lowest BCUT2D eigenvalue weighted by Gasteiger charge is -2.38. The molecule has 0 amide bonds. The third-order valence-electron chi connectivity index (χ3n) is 3.92. The van der Waals surface area contributed by atoms with Gasteiger partial charge in [-0.05, 0) is 31.5 Å². The second-order valence-electron chi connectivity index (χ2n) is 4.95. The van der Waals surface area contributed by atoms with Gasteiger partial charge in [0.2, 0.25) is 0 Å². The van der Waals surface area contributed by atoms with Crippen LogP contribution >= 0.6 is 11.6 Å². The van der Waals surface area contributed by atoms with Crippen molar-refractivity contribution in [3.63, 3.8) is 0 Å². The Labute approximate surface area is 115 Å². The second-order valence-corrected chi connectivity index (χ2v) is 5.36. The zero-order valence-electron chi connectivity index (χ0n) is 11.2. The molecule has 2 N–H and O–H groups in total. The molecule has 1 saturated heterocycles. The van der Waals surface area contributed by atoms with E-state index in [0.717, 1.165) is 36.0 Å². The standard InChI is InChI=1S/C14H22ClN3/c1-3-18-9-7-11(8-10-18)17(2)14-12(15)5-4-6-13(14)16/h4-6,11H,3,7-10,16H2,1-2H3. The van der Waals surface area contributed by atoms with E-state index in [9.17, 15) is 0 Å². The molecule has 3 nitrogen and oxygen atoms in total. The van der Waals surface area contributed by atoms with Gasteiger partial charge in [-0.2, -0.15) is 0 Å². The Hall–Kier alpha value is -0.930. The third-order valence-corrected chi connectivity index (χ3v) is 4.23. The third kappa shape index (κ3) is 2.73. The van der Waals surface area contributed by atoms with Crippen LogP contribution in [0.25, 0.3) is 0 Å². The number of nitrogens with two attached hydrogens (primary N) is 1. The molecule has 0 radical (unpaired) electrons. The lowest BCUT2D eigenvalue weighted by Crippen LogP contribution is -2.43. The monoisotopic (exact) mass is 267 g/mol. The fourth-order valence-corrected chi connectivity index (χ4v) is 3.02. The average Bonchev–Trinajstić information content (AvgIpc) is 2.38. The number of benzene rings is 1. The molecule has 18 heavy (non-hydrogen) atoms. The Kier molecular flexibility index (Phi) is 4.36. The molecule has 0 aliphatic carbocycles. The maximum absolute atomic E-state index is 6.27. The van der Waals surface area contributed by atoms with E-state index in [0.29, 0.717) is 6.04 Å². The number of anilines is 2. The van der Waals surface area contributed by atoms with E-state index in [4.69, 9.17) is 17.3 Å². The number of halogens is 1. The number of nitrogens with zero attached hydrogens (tertiary/aromatic N) is 2. The van der Waals surface area contributed by atoms with Crippen LogP contribution < -0.4 is 10.6 Å². The lowest BCUT2D eigenvalue weighted by atomic mass is 10.0. The molecule has 0 saturated carbocycles. The summed E-state index contributed by atoms with van der Waals surface area (Å²) in [5, 5.41) is 0.746. The van der Waals surface area contributed by atoms with Crippen molar-refractivity contribution in [1.82, 2.24) is 4.90 Å². The number of hydrogen-bond acceptors (Lipinski definition) is 3. The van der Waals surface area contributed by atoms with Crippen LogP contribution in [0.4, 0.5) is 11.4 Å². The second kappa shape index (κ2) is 5.81. The predicted octanol–water partition coefficient (Wildman–Crippen LogP) is 2.84. The van der Waals surface area contributed by atoms with Crippen LogP contribution in [-0.4, -0.2) is 37.6 Å². The Morgan fingerprint density at radius 3 is 2.61 bits per heavy atom. The molecule has 0 unspecified atom stereocenters. The Morgan fingerprint density at radius 1 is 1.39 bits per heavy atom. The molecule has 2 rings (SSSR count). The summed E-state index contributed by atoms with van der Waals surface area (Å²) in [6.07, 6.45) is 2.35. The van der Waals surface area contributed by atoms with Gasteiger partial charge in [-0.3, -0.25) is 0 Å². The zero-order valence-corrected chi connectivity index (χ0v) is 12.0. The Bertz CT molecular complexity index is 380. The smallest absolute Gasteiger partial charge is 0.0789 e. The highest BCUT2D eigenvalue weighted by Gasteiger charge is 2.23. The lowest BCUT2D eigenvalue weighted by molar-refractivity contribution is 0.221. The van der Waals surface area contributed by atoms with E-state index in [-0.39, 0.29) is 0 Å². The first kappa shape index (κ1) is 13.5. The molecular formula is C14H22ClN3. The van der Waals surface area contributed by atoms with Crippen molar-refractivity contribution in [2.45, 2.75) is 25.8 Å². The summed E-state index contributed by atoms with van der Waals surface area (Å²) < 4.78 is 0. The van der Waals surface area contributed by atoms with E-state index >= 15 is 0 Å². The van der Waals surface area contributed by atoms with Gasteiger partial charge in [-0.1, -0.05) is 24.6 Å². The highest BCUT2D eigenvalue weighted by Crippen LogP contribution is 2.34. The van der Waals surface area contributed by atoms with Crippen molar-refractivity contribution in [2.75, 3.05) is 37.3 Å². The van der Waals surface area contributed by atoms with Crippen molar-refractivity contribution in [3.05, 3.63) is 23.2 Å². The molecular weight excluding hydrogens is 246 g/mol. The highest BCUT2D eigenvalue weighted by molar-refractivity contribution is 6.34. The molecule has 4 heteroatoms. The van der Waals surface area contributed by atoms with Gasteiger partial charge in [0.05, 0.1) is 16.4 Å². The molecule has 1 aromatic carbocycles. The van der Waals surface area contributed by atoms with E-state index in [2.05, 4.69) is 23.8 Å². The van der Waals surface area contributed by atoms with Crippen LogP contribution in [-0.2, 0) is 0 Å². The van der Waals surface area contributed by atoms with E-state index in [1.165, 1.54) is 12.8 Å². The van der Waals surface area contributed by atoms with Crippen molar-refractivity contribution in [3.8, 4) is 0 Å². The number of nitrogen functional groups attached to an aromatic ring is 1. The molecule has 1 aliphatic rings. The average molecular weight is 268 g/mol. The minimum Gasteiger partial charge on any atom is -0.397 e. The van der Waals surface area contributed by atoms with Gasteiger partial charge in [0, 0.05) is 26.2 Å². The van der Waals surface area contributed by atoms with Gasteiger partial charge in [-0.25, -0.2) is 0 Å².